The Morgan fingerprint density at radius 1 is 0.744 bits per heavy atom. The fourth-order valence-electron chi connectivity index (χ4n) is 4.46. The van der Waals surface area contributed by atoms with Crippen molar-refractivity contribution in [3.8, 4) is 11.5 Å². The van der Waals surface area contributed by atoms with Gasteiger partial charge in [-0.25, -0.2) is 4.79 Å². The number of carboxylic acids is 1. The summed E-state index contributed by atoms with van der Waals surface area (Å²) in [6.07, 6.45) is 2.95. The van der Waals surface area contributed by atoms with Crippen molar-refractivity contribution in [2.45, 2.75) is 25.0 Å². The van der Waals surface area contributed by atoms with Gasteiger partial charge in [-0.1, -0.05) is 30.3 Å². The predicted octanol–water partition coefficient (Wildman–Crippen LogP) is 2.57. The molecule has 3 aliphatic rings. The zero-order valence-electron chi connectivity index (χ0n) is 22.1. The normalized spacial score (nSPS) is 19.4. The highest BCUT2D eigenvalue weighted by Crippen LogP contribution is 2.44. The van der Waals surface area contributed by atoms with Crippen LogP contribution in [0, 0.1) is 0 Å². The van der Waals surface area contributed by atoms with Gasteiger partial charge in [-0.3, -0.25) is 0 Å². The molecule has 0 saturated carbocycles. The molecule has 0 amide bonds. The smallest absolute Gasteiger partial charge is 0.331 e. The fourth-order valence-corrected chi connectivity index (χ4v) is 4.46. The SMILES string of the molecule is O=C(O)C1=CCc2c(c(OCCOCCOCC3CO3)c3ccccc3c2OCCOCCOCC2CO2)C1. The number of hydrogen-bond donors (Lipinski definition) is 1. The van der Waals surface area contributed by atoms with E-state index in [1.807, 2.05) is 24.3 Å². The maximum Gasteiger partial charge on any atom is 0.331 e. The zero-order chi connectivity index (χ0) is 26.9. The topological polar surface area (TPSA) is 118 Å². The summed E-state index contributed by atoms with van der Waals surface area (Å²) in [7, 11) is 0. The van der Waals surface area contributed by atoms with Crippen molar-refractivity contribution in [1.29, 1.82) is 0 Å². The number of ether oxygens (including phenoxy) is 8. The fraction of sp³-hybridized carbons (Fsp3) is 0.552. The first kappa shape index (κ1) is 27.8. The second-order valence-electron chi connectivity index (χ2n) is 9.56. The van der Waals surface area contributed by atoms with Crippen molar-refractivity contribution >= 4 is 16.7 Å². The summed E-state index contributed by atoms with van der Waals surface area (Å²) in [6, 6.07) is 7.87. The van der Waals surface area contributed by atoms with Crippen LogP contribution in [0.1, 0.15) is 11.1 Å². The van der Waals surface area contributed by atoms with E-state index >= 15 is 0 Å². The van der Waals surface area contributed by atoms with Crippen LogP contribution in [-0.4, -0.2) is 103 Å². The average Bonchev–Trinajstić information content (AvgIpc) is 3.88. The van der Waals surface area contributed by atoms with Crippen molar-refractivity contribution in [1.82, 2.24) is 0 Å². The quantitative estimate of drug-likeness (QED) is 0.209. The maximum absolute atomic E-state index is 11.8. The molecule has 2 unspecified atom stereocenters. The molecular formula is C29H36O10. The number of carbonyl (C=O) groups is 1. The molecule has 0 radical (unpaired) electrons. The molecule has 2 heterocycles. The molecular weight excluding hydrogens is 508 g/mol. The Balaban J connectivity index is 1.21. The highest BCUT2D eigenvalue weighted by molar-refractivity contribution is 5.97. The number of hydrogen-bond acceptors (Lipinski definition) is 9. The Labute approximate surface area is 227 Å². The Kier molecular flexibility index (Phi) is 10.0. The summed E-state index contributed by atoms with van der Waals surface area (Å²) >= 11 is 0. The first-order chi connectivity index (χ1) is 19.2. The van der Waals surface area contributed by atoms with Crippen LogP contribution in [-0.2, 0) is 46.1 Å². The average molecular weight is 545 g/mol. The summed E-state index contributed by atoms with van der Waals surface area (Å²) < 4.78 is 45.1. The molecule has 2 atom stereocenters. The van der Waals surface area contributed by atoms with E-state index in [9.17, 15) is 9.90 Å². The first-order valence-corrected chi connectivity index (χ1v) is 13.5. The number of aliphatic carboxylic acids is 1. The van der Waals surface area contributed by atoms with Gasteiger partial charge in [-0.2, -0.15) is 0 Å². The monoisotopic (exact) mass is 544 g/mol. The molecule has 10 heteroatoms. The van der Waals surface area contributed by atoms with Gasteiger partial charge in [0, 0.05) is 33.9 Å². The molecule has 2 aliphatic heterocycles. The Morgan fingerprint density at radius 3 is 1.74 bits per heavy atom. The van der Waals surface area contributed by atoms with Crippen LogP contribution < -0.4 is 9.47 Å². The van der Waals surface area contributed by atoms with E-state index in [0.29, 0.717) is 83.8 Å². The summed E-state index contributed by atoms with van der Waals surface area (Å²) in [6.45, 7) is 6.22. The molecule has 0 bridgehead atoms. The number of allylic oxidation sites excluding steroid dienone is 1. The molecule has 1 N–H and O–H groups in total. The van der Waals surface area contributed by atoms with E-state index in [2.05, 4.69) is 0 Å². The molecule has 39 heavy (non-hydrogen) atoms. The van der Waals surface area contributed by atoms with Crippen LogP contribution in [0.4, 0.5) is 0 Å². The first-order valence-electron chi connectivity index (χ1n) is 13.5. The number of fused-ring (bicyclic) bond motifs is 2. The molecule has 2 aromatic carbocycles. The highest BCUT2D eigenvalue weighted by Gasteiger charge is 2.27. The standard InChI is InChI=1S/C29H36O10/c30-29(31)20-5-6-25-26(15-20)28(37-14-12-33-8-10-35-17-22-19-39-22)24-4-2-1-3-23(24)27(25)36-13-11-32-7-9-34-16-21-18-38-21/h1-5,21-22H,6-19H2,(H,30,31). The van der Waals surface area contributed by atoms with Gasteiger partial charge in [0.1, 0.15) is 36.9 Å². The van der Waals surface area contributed by atoms with Crippen molar-refractivity contribution in [2.24, 2.45) is 0 Å². The predicted molar refractivity (Wildman–Crippen MR) is 141 cm³/mol. The van der Waals surface area contributed by atoms with Crippen LogP contribution >= 0.6 is 0 Å². The lowest BCUT2D eigenvalue weighted by Gasteiger charge is -2.25. The van der Waals surface area contributed by atoms with Gasteiger partial charge in [0.15, 0.2) is 0 Å². The molecule has 2 aromatic rings. The molecule has 5 rings (SSSR count). The van der Waals surface area contributed by atoms with E-state index in [0.717, 1.165) is 40.9 Å². The van der Waals surface area contributed by atoms with Crippen LogP contribution in [0.5, 0.6) is 11.5 Å². The third-order valence-electron chi connectivity index (χ3n) is 6.63. The van der Waals surface area contributed by atoms with Crippen LogP contribution in [0.15, 0.2) is 35.9 Å². The van der Waals surface area contributed by atoms with Gasteiger partial charge in [-0.15, -0.1) is 0 Å². The molecule has 0 aromatic heterocycles. The lowest BCUT2D eigenvalue weighted by atomic mass is 9.87. The molecule has 1 aliphatic carbocycles. The Bertz CT molecular complexity index is 1140. The summed E-state index contributed by atoms with van der Waals surface area (Å²) in [5.74, 6) is 0.497. The Morgan fingerprint density at radius 2 is 1.23 bits per heavy atom. The van der Waals surface area contributed by atoms with Gasteiger partial charge in [0.05, 0.1) is 66.1 Å². The van der Waals surface area contributed by atoms with E-state index in [1.54, 1.807) is 6.08 Å². The largest absolute Gasteiger partial charge is 0.490 e. The van der Waals surface area contributed by atoms with Gasteiger partial charge in [0.25, 0.3) is 0 Å². The van der Waals surface area contributed by atoms with Crippen molar-refractivity contribution < 1.29 is 47.8 Å². The van der Waals surface area contributed by atoms with Gasteiger partial charge < -0.3 is 43.0 Å². The molecule has 0 spiro atoms. The van der Waals surface area contributed by atoms with Gasteiger partial charge >= 0.3 is 5.97 Å². The van der Waals surface area contributed by atoms with Crippen LogP contribution in [0.2, 0.25) is 0 Å². The van der Waals surface area contributed by atoms with Crippen molar-refractivity contribution in [3.63, 3.8) is 0 Å². The summed E-state index contributed by atoms with van der Waals surface area (Å²) in [5, 5.41) is 11.5. The van der Waals surface area contributed by atoms with E-state index in [-0.39, 0.29) is 18.6 Å². The second-order valence-corrected chi connectivity index (χ2v) is 9.56. The highest BCUT2D eigenvalue weighted by atomic mass is 16.6. The number of rotatable bonds is 19. The number of benzene rings is 2. The van der Waals surface area contributed by atoms with E-state index < -0.39 is 5.97 Å². The molecule has 212 valence electrons. The third-order valence-corrected chi connectivity index (χ3v) is 6.63. The van der Waals surface area contributed by atoms with Crippen molar-refractivity contribution in [3.05, 3.63) is 47.0 Å². The second kappa shape index (κ2) is 14.1. The van der Waals surface area contributed by atoms with Gasteiger partial charge in [-0.05, 0) is 6.42 Å². The molecule has 2 fully saturated rings. The summed E-state index contributed by atoms with van der Waals surface area (Å²) in [5.41, 5.74) is 2.13. The summed E-state index contributed by atoms with van der Waals surface area (Å²) in [4.78, 5) is 11.8. The zero-order valence-corrected chi connectivity index (χ0v) is 22.1. The lowest BCUT2D eigenvalue weighted by molar-refractivity contribution is -0.132. The molecule has 10 nitrogen and oxygen atoms in total. The number of epoxide rings is 2. The van der Waals surface area contributed by atoms with E-state index in [1.165, 1.54) is 0 Å². The van der Waals surface area contributed by atoms with E-state index in [4.69, 9.17) is 37.9 Å². The minimum Gasteiger partial charge on any atom is -0.490 e. The molecule has 2 saturated heterocycles. The van der Waals surface area contributed by atoms with Crippen LogP contribution in [0.25, 0.3) is 10.8 Å². The lowest BCUT2D eigenvalue weighted by Crippen LogP contribution is -2.17. The Hall–Kier alpha value is -2.73. The van der Waals surface area contributed by atoms with Crippen molar-refractivity contribution in [2.75, 3.05) is 79.3 Å². The minimum absolute atomic E-state index is 0.240. The van der Waals surface area contributed by atoms with Crippen LogP contribution in [0.3, 0.4) is 0 Å². The third kappa shape index (κ3) is 8.14. The minimum atomic E-state index is -0.925. The maximum atomic E-state index is 11.8. The van der Waals surface area contributed by atoms with Gasteiger partial charge in [0.2, 0.25) is 0 Å². The number of carboxylic acid groups (broad SMARTS) is 1.